The van der Waals surface area contributed by atoms with Crippen LogP contribution in [0, 0.1) is 5.82 Å². The van der Waals surface area contributed by atoms with Gasteiger partial charge < -0.3 is 5.11 Å². The molecule has 0 fully saturated rings. The highest BCUT2D eigenvalue weighted by molar-refractivity contribution is 9.11. The topological polar surface area (TPSA) is 20.2 Å². The smallest absolute Gasteiger partial charge is 0.130 e. The van der Waals surface area contributed by atoms with Gasteiger partial charge in [0.05, 0.1) is 6.10 Å². The van der Waals surface area contributed by atoms with Crippen LogP contribution in [-0.2, 0) is 6.42 Å². The minimum atomic E-state index is -0.924. The van der Waals surface area contributed by atoms with E-state index in [0.29, 0.717) is 11.4 Å². The summed E-state index contributed by atoms with van der Waals surface area (Å²) in [4.78, 5) is 0. The van der Waals surface area contributed by atoms with Crippen molar-refractivity contribution in [1.82, 2.24) is 0 Å². The van der Waals surface area contributed by atoms with Gasteiger partial charge in [0.2, 0.25) is 0 Å². The van der Waals surface area contributed by atoms with Gasteiger partial charge in [-0.1, -0.05) is 55.6 Å². The van der Waals surface area contributed by atoms with E-state index < -0.39 is 11.9 Å². The molecule has 2 aromatic rings. The molecule has 0 aliphatic carbocycles. The number of hydrogen-bond donors (Lipinski definition) is 1. The summed E-state index contributed by atoms with van der Waals surface area (Å²) in [5.41, 5.74) is 1.14. The molecule has 2 aromatic carbocycles. The molecule has 2 rings (SSSR count). The SMILES string of the molecule is OC(Cc1c(Br)cccc1Br)c1ccc(Cl)cc1F. The van der Waals surface area contributed by atoms with Crippen LogP contribution >= 0.6 is 43.5 Å². The highest BCUT2D eigenvalue weighted by Gasteiger charge is 2.16. The Hall–Kier alpha value is -0.420. The van der Waals surface area contributed by atoms with Crippen molar-refractivity contribution in [1.29, 1.82) is 0 Å². The predicted octanol–water partition coefficient (Wildman–Crippen LogP) is 5.28. The maximum Gasteiger partial charge on any atom is 0.130 e. The molecular formula is C14H10Br2ClFO. The van der Waals surface area contributed by atoms with Crippen LogP contribution in [0.2, 0.25) is 5.02 Å². The molecule has 0 saturated heterocycles. The first kappa shape index (κ1) is 15.0. The van der Waals surface area contributed by atoms with Gasteiger partial charge in [0, 0.05) is 26.0 Å². The molecule has 0 aromatic heterocycles. The highest BCUT2D eigenvalue weighted by Crippen LogP contribution is 2.31. The van der Waals surface area contributed by atoms with Gasteiger partial charge >= 0.3 is 0 Å². The van der Waals surface area contributed by atoms with E-state index in [1.165, 1.54) is 12.1 Å². The zero-order valence-corrected chi connectivity index (χ0v) is 13.6. The molecule has 1 unspecified atom stereocenters. The number of hydrogen-bond acceptors (Lipinski definition) is 1. The molecule has 19 heavy (non-hydrogen) atoms. The van der Waals surface area contributed by atoms with Crippen LogP contribution < -0.4 is 0 Å². The Morgan fingerprint density at radius 2 is 1.79 bits per heavy atom. The van der Waals surface area contributed by atoms with Crippen LogP contribution in [0.1, 0.15) is 17.2 Å². The van der Waals surface area contributed by atoms with Gasteiger partial charge in [-0.05, 0) is 29.8 Å². The summed E-state index contributed by atoms with van der Waals surface area (Å²) < 4.78 is 15.5. The first-order valence-corrected chi connectivity index (χ1v) is 7.51. The summed E-state index contributed by atoms with van der Waals surface area (Å²) in [7, 11) is 0. The van der Waals surface area contributed by atoms with Crippen LogP contribution in [0.4, 0.5) is 4.39 Å². The van der Waals surface area contributed by atoms with Gasteiger partial charge in [-0.15, -0.1) is 0 Å². The molecule has 0 heterocycles. The quantitative estimate of drug-likeness (QED) is 0.733. The van der Waals surface area contributed by atoms with Crippen molar-refractivity contribution in [3.8, 4) is 0 Å². The fourth-order valence-electron chi connectivity index (χ4n) is 1.80. The van der Waals surface area contributed by atoms with E-state index in [0.717, 1.165) is 14.5 Å². The lowest BCUT2D eigenvalue weighted by Crippen LogP contribution is -2.05. The number of halogens is 4. The third-order valence-electron chi connectivity index (χ3n) is 2.78. The second-order valence-corrected chi connectivity index (χ2v) is 6.23. The van der Waals surface area contributed by atoms with Crippen molar-refractivity contribution < 1.29 is 9.50 Å². The Morgan fingerprint density at radius 1 is 1.16 bits per heavy atom. The summed E-state index contributed by atoms with van der Waals surface area (Å²) >= 11 is 12.5. The highest BCUT2D eigenvalue weighted by atomic mass is 79.9. The second-order valence-electron chi connectivity index (χ2n) is 4.09. The Labute approximate surface area is 132 Å². The molecule has 1 nitrogen and oxygen atoms in total. The lowest BCUT2D eigenvalue weighted by Gasteiger charge is -2.14. The van der Waals surface area contributed by atoms with E-state index >= 15 is 0 Å². The van der Waals surface area contributed by atoms with Gasteiger partial charge in [-0.2, -0.15) is 0 Å². The van der Waals surface area contributed by atoms with Crippen LogP contribution in [0.3, 0.4) is 0 Å². The van der Waals surface area contributed by atoms with Crippen LogP contribution in [0.15, 0.2) is 45.3 Å². The average Bonchev–Trinajstić information content (AvgIpc) is 2.33. The number of aliphatic hydroxyl groups is 1. The molecule has 0 aliphatic rings. The summed E-state index contributed by atoms with van der Waals surface area (Å²) in [6.07, 6.45) is -0.618. The van der Waals surface area contributed by atoms with Crippen molar-refractivity contribution in [2.24, 2.45) is 0 Å². The molecule has 1 atom stereocenters. The fourth-order valence-corrected chi connectivity index (χ4v) is 3.28. The number of rotatable bonds is 3. The van der Waals surface area contributed by atoms with E-state index in [2.05, 4.69) is 31.9 Å². The Bertz CT molecular complexity index is 584. The van der Waals surface area contributed by atoms with E-state index in [9.17, 15) is 9.50 Å². The average molecular weight is 408 g/mol. The summed E-state index contributed by atoms with van der Waals surface area (Å²) in [6, 6.07) is 9.92. The van der Waals surface area contributed by atoms with Crippen molar-refractivity contribution >= 4 is 43.5 Å². The van der Waals surface area contributed by atoms with Crippen LogP contribution in [0.25, 0.3) is 0 Å². The van der Waals surface area contributed by atoms with E-state index in [-0.39, 0.29) is 5.56 Å². The van der Waals surface area contributed by atoms with Crippen molar-refractivity contribution in [2.75, 3.05) is 0 Å². The van der Waals surface area contributed by atoms with E-state index in [1.807, 2.05) is 18.2 Å². The first-order chi connectivity index (χ1) is 8.99. The van der Waals surface area contributed by atoms with Gasteiger partial charge in [0.1, 0.15) is 5.82 Å². The molecule has 0 amide bonds. The second kappa shape index (κ2) is 6.35. The molecule has 0 radical (unpaired) electrons. The molecule has 1 N–H and O–H groups in total. The summed E-state index contributed by atoms with van der Waals surface area (Å²) in [6.45, 7) is 0. The predicted molar refractivity (Wildman–Crippen MR) is 81.9 cm³/mol. The third-order valence-corrected chi connectivity index (χ3v) is 4.50. The monoisotopic (exact) mass is 406 g/mol. The molecule has 0 aliphatic heterocycles. The standard InChI is InChI=1S/C14H10Br2ClFO/c15-11-2-1-3-12(16)10(11)7-14(19)9-5-4-8(17)6-13(9)18/h1-6,14,19H,7H2. The lowest BCUT2D eigenvalue weighted by atomic mass is 10.0. The first-order valence-electron chi connectivity index (χ1n) is 5.55. The molecular weight excluding hydrogens is 398 g/mol. The molecule has 5 heteroatoms. The normalized spacial score (nSPS) is 12.5. The molecule has 0 spiro atoms. The Morgan fingerprint density at radius 3 is 2.37 bits per heavy atom. The van der Waals surface area contributed by atoms with E-state index in [1.54, 1.807) is 6.07 Å². The Balaban J connectivity index is 2.28. The van der Waals surface area contributed by atoms with Gasteiger partial charge in [0.25, 0.3) is 0 Å². The molecule has 0 bridgehead atoms. The van der Waals surface area contributed by atoms with Crippen LogP contribution in [-0.4, -0.2) is 5.11 Å². The van der Waals surface area contributed by atoms with Gasteiger partial charge in [-0.3, -0.25) is 0 Å². The maximum absolute atomic E-state index is 13.7. The Kier molecular flexibility index (Phi) is 5.01. The van der Waals surface area contributed by atoms with E-state index in [4.69, 9.17) is 11.6 Å². The van der Waals surface area contributed by atoms with Gasteiger partial charge in [-0.25, -0.2) is 4.39 Å². The zero-order valence-electron chi connectivity index (χ0n) is 9.71. The summed E-state index contributed by atoms with van der Waals surface area (Å²) in [5, 5.41) is 10.5. The zero-order chi connectivity index (χ0) is 14.0. The lowest BCUT2D eigenvalue weighted by molar-refractivity contribution is 0.173. The fraction of sp³-hybridized carbons (Fsp3) is 0.143. The van der Waals surface area contributed by atoms with Gasteiger partial charge in [0.15, 0.2) is 0 Å². The molecule has 0 saturated carbocycles. The minimum Gasteiger partial charge on any atom is -0.388 e. The van der Waals surface area contributed by atoms with Crippen molar-refractivity contribution in [2.45, 2.75) is 12.5 Å². The summed E-state index contributed by atoms with van der Waals surface area (Å²) in [5.74, 6) is -0.497. The van der Waals surface area contributed by atoms with Crippen LogP contribution in [0.5, 0.6) is 0 Å². The minimum absolute atomic E-state index is 0.243. The maximum atomic E-state index is 13.7. The van der Waals surface area contributed by atoms with Crippen molar-refractivity contribution in [3.05, 3.63) is 67.3 Å². The number of benzene rings is 2. The third kappa shape index (κ3) is 3.57. The van der Waals surface area contributed by atoms with Crippen molar-refractivity contribution in [3.63, 3.8) is 0 Å². The molecule has 100 valence electrons. The largest absolute Gasteiger partial charge is 0.388 e. The number of aliphatic hydroxyl groups excluding tert-OH is 1.